The van der Waals surface area contributed by atoms with Gasteiger partial charge in [0.1, 0.15) is 11.5 Å². The Bertz CT molecular complexity index is 1620. The van der Waals surface area contributed by atoms with E-state index in [1.807, 2.05) is 23.5 Å². The van der Waals surface area contributed by atoms with Crippen molar-refractivity contribution in [2.45, 2.75) is 0 Å². The normalized spacial score (nSPS) is 12.4. The largest absolute Gasteiger partial charge is 0.458 e. The topological polar surface area (TPSA) is 9.23 Å². The second-order valence-electron chi connectivity index (χ2n) is 8.48. The van der Waals surface area contributed by atoms with Gasteiger partial charge in [0.15, 0.2) is 0 Å². The Morgan fingerprint density at radius 3 is 1.85 bits per heavy atom. The zero-order valence-corrected chi connectivity index (χ0v) is 18.7. The molecule has 1 aliphatic heterocycles. The lowest BCUT2D eigenvalue weighted by molar-refractivity contribution is 0.487. The molecule has 1 aliphatic rings. The molecule has 0 fully saturated rings. The zero-order valence-electron chi connectivity index (χ0n) is 17.9. The summed E-state index contributed by atoms with van der Waals surface area (Å²) in [6, 6.07) is 41.2. The van der Waals surface area contributed by atoms with Gasteiger partial charge in [-0.25, -0.2) is 0 Å². The third kappa shape index (κ3) is 2.86. The molecule has 0 saturated carbocycles. The van der Waals surface area contributed by atoms with Crippen molar-refractivity contribution in [1.82, 2.24) is 0 Å². The molecule has 5 aromatic carbocycles. The van der Waals surface area contributed by atoms with E-state index in [4.69, 9.17) is 4.74 Å². The quantitative estimate of drug-likeness (QED) is 0.286. The molecule has 0 radical (unpaired) electrons. The van der Waals surface area contributed by atoms with E-state index < -0.39 is 0 Å². The van der Waals surface area contributed by atoms with E-state index in [-0.39, 0.29) is 6.71 Å². The molecule has 6 aromatic rings. The van der Waals surface area contributed by atoms with Crippen molar-refractivity contribution >= 4 is 54.6 Å². The first-order valence-electron chi connectivity index (χ1n) is 11.2. The fourth-order valence-corrected chi connectivity index (χ4v) is 6.43. The van der Waals surface area contributed by atoms with Gasteiger partial charge in [0.2, 0.25) is 0 Å². The van der Waals surface area contributed by atoms with Crippen molar-refractivity contribution < 1.29 is 4.74 Å². The van der Waals surface area contributed by atoms with Crippen LogP contribution in [-0.2, 0) is 0 Å². The molecule has 0 spiro atoms. The number of thiophene rings is 1. The summed E-state index contributed by atoms with van der Waals surface area (Å²) in [5.41, 5.74) is 6.32. The Labute approximate surface area is 197 Å². The summed E-state index contributed by atoms with van der Waals surface area (Å²) in [6.45, 7) is 0.118. The van der Waals surface area contributed by atoms with Crippen molar-refractivity contribution in [1.29, 1.82) is 0 Å². The van der Waals surface area contributed by atoms with E-state index in [2.05, 4.69) is 103 Å². The van der Waals surface area contributed by atoms with Gasteiger partial charge < -0.3 is 4.74 Å². The van der Waals surface area contributed by atoms with E-state index in [1.54, 1.807) is 0 Å². The maximum absolute atomic E-state index is 6.29. The van der Waals surface area contributed by atoms with Crippen molar-refractivity contribution in [2.75, 3.05) is 0 Å². The Balaban J connectivity index is 1.52. The fourth-order valence-electron chi connectivity index (χ4n) is 5.20. The van der Waals surface area contributed by atoms with E-state index in [0.29, 0.717) is 0 Å². The summed E-state index contributed by atoms with van der Waals surface area (Å²) < 4.78 is 8.97. The van der Waals surface area contributed by atoms with Gasteiger partial charge in [0.25, 0.3) is 6.71 Å². The van der Waals surface area contributed by atoms with Crippen LogP contribution in [0, 0.1) is 0 Å². The molecule has 1 nitrogen and oxygen atoms in total. The van der Waals surface area contributed by atoms with Crippen LogP contribution in [0.25, 0.3) is 31.3 Å². The summed E-state index contributed by atoms with van der Waals surface area (Å²) in [4.78, 5) is 0. The zero-order chi connectivity index (χ0) is 21.8. The van der Waals surface area contributed by atoms with Gasteiger partial charge in [-0.15, -0.1) is 11.3 Å². The Morgan fingerprint density at radius 1 is 0.485 bits per heavy atom. The minimum absolute atomic E-state index is 0.118. The molecule has 33 heavy (non-hydrogen) atoms. The highest BCUT2D eigenvalue weighted by Gasteiger charge is 2.33. The van der Waals surface area contributed by atoms with Crippen molar-refractivity contribution in [3.63, 3.8) is 0 Å². The van der Waals surface area contributed by atoms with E-state index in [9.17, 15) is 0 Å². The second-order valence-corrected chi connectivity index (χ2v) is 9.53. The van der Waals surface area contributed by atoms with Crippen molar-refractivity contribution in [3.8, 4) is 22.6 Å². The number of benzene rings is 5. The van der Waals surface area contributed by atoms with Gasteiger partial charge in [-0.05, 0) is 40.3 Å². The SMILES string of the molecule is c1ccc2c(c1)Oc1ccccc1B2c1ccccc1-c1cccc2c1sc1ccccc12. The van der Waals surface area contributed by atoms with Crippen LogP contribution in [0.3, 0.4) is 0 Å². The summed E-state index contributed by atoms with van der Waals surface area (Å²) >= 11 is 1.89. The molecular formula is C30H19BOS. The second kappa shape index (κ2) is 7.36. The lowest BCUT2D eigenvalue weighted by atomic mass is 9.35. The maximum Gasteiger partial charge on any atom is 0.251 e. The van der Waals surface area contributed by atoms with Crippen LogP contribution in [0.5, 0.6) is 11.5 Å². The maximum atomic E-state index is 6.29. The smallest absolute Gasteiger partial charge is 0.251 e. The molecule has 0 atom stereocenters. The van der Waals surface area contributed by atoms with Gasteiger partial charge in [-0.1, -0.05) is 103 Å². The minimum Gasteiger partial charge on any atom is -0.458 e. The third-order valence-electron chi connectivity index (χ3n) is 6.65. The lowest BCUT2D eigenvalue weighted by Gasteiger charge is -2.28. The monoisotopic (exact) mass is 438 g/mol. The molecule has 0 unspecified atom stereocenters. The highest BCUT2D eigenvalue weighted by molar-refractivity contribution is 7.26. The summed E-state index contributed by atoms with van der Waals surface area (Å²) in [5.74, 6) is 1.88. The molecule has 7 rings (SSSR count). The van der Waals surface area contributed by atoms with Crippen LogP contribution in [0.4, 0.5) is 0 Å². The molecule has 0 aliphatic carbocycles. The molecule has 0 saturated heterocycles. The van der Waals surface area contributed by atoms with E-state index in [0.717, 1.165) is 11.5 Å². The first-order chi connectivity index (χ1) is 16.4. The van der Waals surface area contributed by atoms with Gasteiger partial charge in [0, 0.05) is 20.2 Å². The number of fused-ring (bicyclic) bond motifs is 5. The van der Waals surface area contributed by atoms with Gasteiger partial charge in [-0.3, -0.25) is 0 Å². The predicted molar refractivity (Wildman–Crippen MR) is 142 cm³/mol. The first-order valence-corrected chi connectivity index (χ1v) is 12.1. The molecule has 154 valence electrons. The van der Waals surface area contributed by atoms with Crippen LogP contribution < -0.4 is 21.1 Å². The van der Waals surface area contributed by atoms with Crippen LogP contribution in [-0.4, -0.2) is 6.71 Å². The van der Waals surface area contributed by atoms with E-state index >= 15 is 0 Å². The van der Waals surface area contributed by atoms with Crippen LogP contribution in [0.1, 0.15) is 0 Å². The van der Waals surface area contributed by atoms with Gasteiger partial charge in [0.05, 0.1) is 0 Å². The molecule has 0 amide bonds. The highest BCUT2D eigenvalue weighted by atomic mass is 32.1. The molecule has 0 N–H and O–H groups in total. The molecule has 2 heterocycles. The fraction of sp³-hybridized carbons (Fsp3) is 0. The number of hydrogen-bond donors (Lipinski definition) is 0. The predicted octanol–water partition coefficient (Wildman–Crippen LogP) is 6.34. The van der Waals surface area contributed by atoms with Crippen LogP contribution >= 0.6 is 11.3 Å². The molecule has 0 bridgehead atoms. The Hall–Kier alpha value is -3.82. The van der Waals surface area contributed by atoms with Crippen LogP contribution in [0.2, 0.25) is 0 Å². The molecule has 3 heteroatoms. The number of para-hydroxylation sites is 2. The third-order valence-corrected chi connectivity index (χ3v) is 7.87. The number of rotatable bonds is 2. The first kappa shape index (κ1) is 18.7. The molecular weight excluding hydrogens is 419 g/mol. The standard InChI is InChI=1S/C30H19BOS/c1-3-14-24(31-25-15-4-6-17-27(25)32-28-18-7-5-16-26(28)31)20(10-1)22-12-9-13-23-21-11-2-8-19-29(21)33-30(22)23/h1-19H. The Kier molecular flexibility index (Phi) is 4.18. The lowest BCUT2D eigenvalue weighted by Crippen LogP contribution is -2.55. The van der Waals surface area contributed by atoms with Gasteiger partial charge in [-0.2, -0.15) is 0 Å². The highest BCUT2D eigenvalue weighted by Crippen LogP contribution is 2.39. The number of hydrogen-bond acceptors (Lipinski definition) is 2. The van der Waals surface area contributed by atoms with Crippen molar-refractivity contribution in [2.24, 2.45) is 0 Å². The average molecular weight is 438 g/mol. The van der Waals surface area contributed by atoms with Crippen LogP contribution in [0.15, 0.2) is 115 Å². The average Bonchev–Trinajstić information content (AvgIpc) is 3.26. The summed E-state index contributed by atoms with van der Waals surface area (Å²) in [7, 11) is 0. The van der Waals surface area contributed by atoms with Crippen molar-refractivity contribution in [3.05, 3.63) is 115 Å². The van der Waals surface area contributed by atoms with E-state index in [1.165, 1.54) is 47.7 Å². The van der Waals surface area contributed by atoms with Gasteiger partial charge >= 0.3 is 0 Å². The molecule has 1 aromatic heterocycles. The number of ether oxygens (including phenoxy) is 1. The summed E-state index contributed by atoms with van der Waals surface area (Å²) in [6.07, 6.45) is 0. The summed E-state index contributed by atoms with van der Waals surface area (Å²) in [5, 5.41) is 2.66. The Morgan fingerprint density at radius 2 is 1.06 bits per heavy atom. The minimum atomic E-state index is 0.118.